The van der Waals surface area contributed by atoms with E-state index < -0.39 is 0 Å². The van der Waals surface area contributed by atoms with Crippen molar-refractivity contribution in [1.82, 2.24) is 20.1 Å². The lowest BCUT2D eigenvalue weighted by Gasteiger charge is -2.28. The standard InChI is InChI=1S/C28H29N5O4/c1-35-22-8-9-23(25(17-22)36-2)27-24(19-33(31-27)21-6-4-3-5-7-21)28(34)30-18-20-10-11-29-26(16-20)32-12-14-37-15-13-32/h3-11,16-17,19H,12-15,18H2,1-2H3,(H,30,34). The van der Waals surface area contributed by atoms with Crippen molar-refractivity contribution in [3.63, 3.8) is 0 Å². The Morgan fingerprint density at radius 3 is 2.59 bits per heavy atom. The maximum Gasteiger partial charge on any atom is 0.255 e. The zero-order valence-corrected chi connectivity index (χ0v) is 20.9. The lowest BCUT2D eigenvalue weighted by molar-refractivity contribution is 0.0951. The van der Waals surface area contributed by atoms with Crippen molar-refractivity contribution in [1.29, 1.82) is 0 Å². The summed E-state index contributed by atoms with van der Waals surface area (Å²) in [6.45, 7) is 3.33. The van der Waals surface area contributed by atoms with Crippen LogP contribution in [0.25, 0.3) is 16.9 Å². The normalized spacial score (nSPS) is 13.3. The molecule has 4 aromatic rings. The molecule has 2 aromatic heterocycles. The number of morpholine rings is 1. The molecule has 1 N–H and O–H groups in total. The first-order valence-corrected chi connectivity index (χ1v) is 12.1. The molecule has 1 fully saturated rings. The molecule has 9 nitrogen and oxygen atoms in total. The molecule has 1 aliphatic rings. The first-order valence-electron chi connectivity index (χ1n) is 12.1. The van der Waals surface area contributed by atoms with E-state index in [1.807, 2.05) is 54.6 Å². The minimum atomic E-state index is -0.236. The van der Waals surface area contributed by atoms with Crippen LogP contribution in [0, 0.1) is 0 Å². The molecule has 0 spiro atoms. The van der Waals surface area contributed by atoms with E-state index in [1.54, 1.807) is 37.4 Å². The van der Waals surface area contributed by atoms with Gasteiger partial charge in [0.1, 0.15) is 23.0 Å². The molecule has 9 heteroatoms. The van der Waals surface area contributed by atoms with Crippen LogP contribution in [0.1, 0.15) is 15.9 Å². The number of nitrogens with one attached hydrogen (secondary N) is 1. The van der Waals surface area contributed by atoms with Crippen LogP contribution in [0.4, 0.5) is 5.82 Å². The summed E-state index contributed by atoms with van der Waals surface area (Å²) in [4.78, 5) is 20.2. The quantitative estimate of drug-likeness (QED) is 0.395. The number of methoxy groups -OCH3 is 2. The largest absolute Gasteiger partial charge is 0.497 e. The van der Waals surface area contributed by atoms with Crippen molar-refractivity contribution in [3.05, 3.63) is 84.2 Å². The zero-order valence-electron chi connectivity index (χ0n) is 20.9. The Kier molecular flexibility index (Phi) is 7.32. The minimum absolute atomic E-state index is 0.236. The summed E-state index contributed by atoms with van der Waals surface area (Å²) < 4.78 is 18.1. The second-order valence-corrected chi connectivity index (χ2v) is 8.54. The predicted octanol–water partition coefficient (Wildman–Crippen LogP) is 3.72. The molecule has 0 bridgehead atoms. The van der Waals surface area contributed by atoms with Crippen molar-refractivity contribution in [2.24, 2.45) is 0 Å². The summed E-state index contributed by atoms with van der Waals surface area (Å²) in [5.74, 6) is 1.87. The maximum absolute atomic E-state index is 13.5. The third-order valence-electron chi connectivity index (χ3n) is 6.24. The molecule has 0 unspecified atom stereocenters. The third kappa shape index (κ3) is 5.41. The summed E-state index contributed by atoms with van der Waals surface area (Å²) >= 11 is 0. The number of anilines is 1. The third-order valence-corrected chi connectivity index (χ3v) is 6.24. The number of hydrogen-bond acceptors (Lipinski definition) is 7. The van der Waals surface area contributed by atoms with Gasteiger partial charge in [-0.05, 0) is 42.0 Å². The van der Waals surface area contributed by atoms with Gasteiger partial charge in [0.15, 0.2) is 0 Å². The molecule has 0 aliphatic carbocycles. The summed E-state index contributed by atoms with van der Waals surface area (Å²) in [6.07, 6.45) is 3.52. The van der Waals surface area contributed by atoms with E-state index in [9.17, 15) is 4.79 Å². The molecule has 5 rings (SSSR count). The number of amides is 1. The van der Waals surface area contributed by atoms with Gasteiger partial charge in [-0.1, -0.05) is 18.2 Å². The second-order valence-electron chi connectivity index (χ2n) is 8.54. The molecule has 1 aliphatic heterocycles. The van der Waals surface area contributed by atoms with Crippen molar-refractivity contribution in [2.75, 3.05) is 45.4 Å². The first kappa shape index (κ1) is 24.3. The Morgan fingerprint density at radius 2 is 1.84 bits per heavy atom. The number of rotatable bonds is 8. The van der Waals surface area contributed by atoms with Crippen LogP contribution >= 0.6 is 0 Å². The fraction of sp³-hybridized carbons (Fsp3) is 0.250. The number of benzene rings is 2. The molecule has 3 heterocycles. The average molecular weight is 500 g/mol. The molecule has 0 saturated carbocycles. The Labute approximate surface area is 215 Å². The summed E-state index contributed by atoms with van der Waals surface area (Å²) in [5.41, 5.74) is 3.46. The molecular formula is C28H29N5O4. The summed E-state index contributed by atoms with van der Waals surface area (Å²) in [7, 11) is 3.18. The van der Waals surface area contributed by atoms with Gasteiger partial charge in [-0.3, -0.25) is 4.79 Å². The van der Waals surface area contributed by atoms with Crippen molar-refractivity contribution in [2.45, 2.75) is 6.54 Å². The van der Waals surface area contributed by atoms with Gasteiger partial charge in [0.05, 0.1) is 38.7 Å². The van der Waals surface area contributed by atoms with E-state index in [1.165, 1.54) is 0 Å². The van der Waals surface area contributed by atoms with Crippen LogP contribution in [0.3, 0.4) is 0 Å². The second kappa shape index (κ2) is 11.1. The lowest BCUT2D eigenvalue weighted by Crippen LogP contribution is -2.36. The van der Waals surface area contributed by atoms with Crippen LogP contribution in [0.2, 0.25) is 0 Å². The van der Waals surface area contributed by atoms with Gasteiger partial charge in [-0.15, -0.1) is 0 Å². The Hall–Kier alpha value is -4.37. The fourth-order valence-electron chi connectivity index (χ4n) is 4.26. The van der Waals surface area contributed by atoms with Gasteiger partial charge in [0, 0.05) is 43.7 Å². The number of para-hydroxylation sites is 1. The Balaban J connectivity index is 1.43. The highest BCUT2D eigenvalue weighted by molar-refractivity contribution is 6.00. The number of ether oxygens (including phenoxy) is 3. The van der Waals surface area contributed by atoms with Gasteiger partial charge in [0.25, 0.3) is 5.91 Å². The summed E-state index contributed by atoms with van der Waals surface area (Å²) in [6, 6.07) is 19.0. The monoisotopic (exact) mass is 499 g/mol. The summed E-state index contributed by atoms with van der Waals surface area (Å²) in [5, 5.41) is 7.82. The van der Waals surface area contributed by atoms with E-state index in [0.717, 1.165) is 30.2 Å². The first-order chi connectivity index (χ1) is 18.2. The van der Waals surface area contributed by atoms with E-state index in [0.29, 0.717) is 48.1 Å². The lowest BCUT2D eigenvalue weighted by atomic mass is 10.1. The zero-order chi connectivity index (χ0) is 25.6. The molecular weight excluding hydrogens is 470 g/mol. The van der Waals surface area contributed by atoms with Gasteiger partial charge in [-0.25, -0.2) is 9.67 Å². The molecule has 37 heavy (non-hydrogen) atoms. The van der Waals surface area contributed by atoms with Crippen molar-refractivity contribution in [3.8, 4) is 28.4 Å². The van der Waals surface area contributed by atoms with Gasteiger partial charge < -0.3 is 24.4 Å². The van der Waals surface area contributed by atoms with Gasteiger partial charge in [0.2, 0.25) is 0 Å². The van der Waals surface area contributed by atoms with E-state index in [2.05, 4.69) is 15.2 Å². The highest BCUT2D eigenvalue weighted by Gasteiger charge is 2.22. The van der Waals surface area contributed by atoms with Gasteiger partial charge >= 0.3 is 0 Å². The number of pyridine rings is 1. The molecule has 2 aromatic carbocycles. The Morgan fingerprint density at radius 1 is 1.03 bits per heavy atom. The Bertz CT molecular complexity index is 1370. The number of hydrogen-bond donors (Lipinski definition) is 1. The van der Waals surface area contributed by atoms with Crippen LogP contribution < -0.4 is 19.7 Å². The minimum Gasteiger partial charge on any atom is -0.497 e. The SMILES string of the molecule is COc1ccc(-c2nn(-c3ccccc3)cc2C(=O)NCc2ccnc(N3CCOCC3)c2)c(OC)c1. The average Bonchev–Trinajstić information content (AvgIpc) is 3.42. The number of carbonyl (C=O) groups is 1. The van der Waals surface area contributed by atoms with Crippen LogP contribution in [-0.2, 0) is 11.3 Å². The van der Waals surface area contributed by atoms with Crippen LogP contribution in [-0.4, -0.2) is 61.2 Å². The van der Waals surface area contributed by atoms with Crippen molar-refractivity contribution < 1.29 is 19.0 Å². The predicted molar refractivity (Wildman–Crippen MR) is 141 cm³/mol. The van der Waals surface area contributed by atoms with Crippen molar-refractivity contribution >= 4 is 11.7 Å². The van der Waals surface area contributed by atoms with Crippen LogP contribution in [0.15, 0.2) is 73.1 Å². The maximum atomic E-state index is 13.5. The molecule has 0 atom stereocenters. The smallest absolute Gasteiger partial charge is 0.255 e. The fourth-order valence-corrected chi connectivity index (χ4v) is 4.26. The van der Waals surface area contributed by atoms with Crippen LogP contribution in [0.5, 0.6) is 11.5 Å². The topological polar surface area (TPSA) is 90.7 Å². The number of carbonyl (C=O) groups excluding carboxylic acids is 1. The molecule has 1 saturated heterocycles. The van der Waals surface area contributed by atoms with E-state index >= 15 is 0 Å². The number of nitrogens with zero attached hydrogens (tertiary/aromatic N) is 4. The molecule has 190 valence electrons. The van der Waals surface area contributed by atoms with Gasteiger partial charge in [-0.2, -0.15) is 5.10 Å². The molecule has 1 amide bonds. The highest BCUT2D eigenvalue weighted by atomic mass is 16.5. The number of aromatic nitrogens is 3. The van der Waals surface area contributed by atoms with E-state index in [4.69, 9.17) is 19.3 Å². The van der Waals surface area contributed by atoms with E-state index in [-0.39, 0.29) is 5.91 Å². The highest BCUT2D eigenvalue weighted by Crippen LogP contribution is 2.35. The molecule has 0 radical (unpaired) electrons.